The first-order valence-corrected chi connectivity index (χ1v) is 5.56. The first-order chi connectivity index (χ1) is 7.13. The molecule has 80 valence electrons. The zero-order chi connectivity index (χ0) is 11.0. The Kier molecular flexibility index (Phi) is 2.60. The van der Waals surface area contributed by atoms with Gasteiger partial charge in [-0.05, 0) is 29.3 Å². The summed E-state index contributed by atoms with van der Waals surface area (Å²) in [5.41, 5.74) is 0.516. The van der Waals surface area contributed by atoms with E-state index in [-0.39, 0.29) is 5.56 Å². The molecule has 0 radical (unpaired) electrons. The van der Waals surface area contributed by atoms with Crippen LogP contribution in [0.15, 0.2) is 9.27 Å². The van der Waals surface area contributed by atoms with Gasteiger partial charge in [-0.15, -0.1) is 0 Å². The highest BCUT2D eigenvalue weighted by Crippen LogP contribution is 2.08. The van der Waals surface area contributed by atoms with Gasteiger partial charge >= 0.3 is 0 Å². The lowest BCUT2D eigenvalue weighted by Crippen LogP contribution is -2.17. The molecule has 0 amide bonds. The summed E-state index contributed by atoms with van der Waals surface area (Å²) in [6.07, 6.45) is 1.80. The van der Waals surface area contributed by atoms with E-state index in [0.717, 1.165) is 18.7 Å². The van der Waals surface area contributed by atoms with Crippen molar-refractivity contribution < 1.29 is 0 Å². The van der Waals surface area contributed by atoms with Crippen LogP contribution in [-0.4, -0.2) is 19.6 Å². The maximum Gasteiger partial charge on any atom is 0.288 e. The Labute approximate surface area is 94.7 Å². The van der Waals surface area contributed by atoms with E-state index in [4.69, 9.17) is 0 Å². The zero-order valence-corrected chi connectivity index (χ0v) is 10.1. The van der Waals surface area contributed by atoms with E-state index in [1.165, 1.54) is 4.52 Å². The lowest BCUT2D eigenvalue weighted by atomic mass is 10.3. The van der Waals surface area contributed by atoms with Gasteiger partial charge in [0, 0.05) is 6.42 Å². The molecule has 1 N–H and O–H groups in total. The number of H-pyrrole nitrogens is 1. The first kappa shape index (κ1) is 10.4. The standard InChI is InChI=1S/C9H11BrN4O/c1-3-4-6-12-9-11-5(2)7(10)8(15)14(9)13-6/h3-4H2,1-2H3,(H,11,12,13). The predicted octanol–water partition coefficient (Wildman–Crippen LogP) is 1.44. The van der Waals surface area contributed by atoms with Gasteiger partial charge < -0.3 is 0 Å². The second-order valence-corrected chi connectivity index (χ2v) is 4.17. The van der Waals surface area contributed by atoms with Crippen molar-refractivity contribution in [1.29, 1.82) is 0 Å². The van der Waals surface area contributed by atoms with E-state index in [1.807, 2.05) is 0 Å². The molecule has 5 nitrogen and oxygen atoms in total. The number of fused-ring (bicyclic) bond motifs is 1. The quantitative estimate of drug-likeness (QED) is 0.898. The van der Waals surface area contributed by atoms with Crippen molar-refractivity contribution in [3.8, 4) is 0 Å². The summed E-state index contributed by atoms with van der Waals surface area (Å²) < 4.78 is 1.84. The number of nitrogens with zero attached hydrogens (tertiary/aromatic N) is 3. The van der Waals surface area contributed by atoms with Crippen LogP contribution in [0, 0.1) is 6.92 Å². The molecule has 0 aromatic carbocycles. The number of aromatic nitrogens is 4. The van der Waals surface area contributed by atoms with Gasteiger partial charge in [-0.3, -0.25) is 9.89 Å². The average Bonchev–Trinajstić information content (AvgIpc) is 2.58. The lowest BCUT2D eigenvalue weighted by molar-refractivity contribution is 0.802. The van der Waals surface area contributed by atoms with Crippen LogP contribution in [0.1, 0.15) is 24.9 Å². The molecule has 0 spiro atoms. The molecule has 0 saturated heterocycles. The topological polar surface area (TPSA) is 63.1 Å². The fraction of sp³-hybridized carbons (Fsp3) is 0.444. The summed E-state index contributed by atoms with van der Waals surface area (Å²) in [6, 6.07) is 0. The van der Waals surface area contributed by atoms with E-state index >= 15 is 0 Å². The van der Waals surface area contributed by atoms with Crippen LogP contribution in [0.2, 0.25) is 0 Å². The molecule has 0 bridgehead atoms. The lowest BCUT2D eigenvalue weighted by Gasteiger charge is -1.95. The summed E-state index contributed by atoms with van der Waals surface area (Å²) in [4.78, 5) is 20.2. The highest BCUT2D eigenvalue weighted by Gasteiger charge is 2.10. The van der Waals surface area contributed by atoms with Crippen LogP contribution in [0.3, 0.4) is 0 Å². The molecular weight excluding hydrogens is 260 g/mol. The van der Waals surface area contributed by atoms with Gasteiger partial charge in [0.05, 0.1) is 5.69 Å². The van der Waals surface area contributed by atoms with Crippen LogP contribution < -0.4 is 5.56 Å². The average molecular weight is 271 g/mol. The highest BCUT2D eigenvalue weighted by molar-refractivity contribution is 9.10. The smallest absolute Gasteiger partial charge is 0.275 e. The van der Waals surface area contributed by atoms with Gasteiger partial charge in [0.25, 0.3) is 11.3 Å². The summed E-state index contributed by atoms with van der Waals surface area (Å²) in [5.74, 6) is 1.23. The van der Waals surface area contributed by atoms with E-state index in [9.17, 15) is 4.79 Å². The van der Waals surface area contributed by atoms with Crippen molar-refractivity contribution >= 4 is 21.7 Å². The Balaban J connectivity index is 2.71. The Morgan fingerprint density at radius 1 is 1.47 bits per heavy atom. The maximum absolute atomic E-state index is 11.8. The monoisotopic (exact) mass is 270 g/mol. The minimum atomic E-state index is -0.146. The molecule has 2 heterocycles. The molecule has 0 unspecified atom stereocenters. The van der Waals surface area contributed by atoms with Crippen molar-refractivity contribution in [2.75, 3.05) is 0 Å². The number of rotatable bonds is 2. The van der Waals surface area contributed by atoms with Gasteiger partial charge in [-0.2, -0.15) is 9.50 Å². The Hall–Kier alpha value is -1.17. The molecule has 0 aliphatic heterocycles. The molecule has 0 fully saturated rings. The Morgan fingerprint density at radius 2 is 2.20 bits per heavy atom. The second-order valence-electron chi connectivity index (χ2n) is 3.37. The number of aromatic amines is 1. The van der Waals surface area contributed by atoms with Crippen LogP contribution in [-0.2, 0) is 6.42 Å². The van der Waals surface area contributed by atoms with Gasteiger partial charge in [0.2, 0.25) is 0 Å². The summed E-state index contributed by atoms with van der Waals surface area (Å²) in [7, 11) is 0. The largest absolute Gasteiger partial charge is 0.288 e. The van der Waals surface area contributed by atoms with Crippen molar-refractivity contribution in [2.45, 2.75) is 26.7 Å². The summed E-state index contributed by atoms with van der Waals surface area (Å²) in [6.45, 7) is 3.84. The number of hydrogen-bond acceptors (Lipinski definition) is 3. The van der Waals surface area contributed by atoms with Crippen LogP contribution >= 0.6 is 15.9 Å². The predicted molar refractivity (Wildman–Crippen MR) is 60.0 cm³/mol. The van der Waals surface area contributed by atoms with Crippen molar-refractivity contribution in [1.82, 2.24) is 19.6 Å². The molecule has 2 rings (SSSR count). The number of halogens is 1. The van der Waals surface area contributed by atoms with Crippen molar-refractivity contribution in [3.63, 3.8) is 0 Å². The molecule has 0 atom stereocenters. The number of aryl methyl sites for hydroxylation is 2. The minimum Gasteiger partial charge on any atom is -0.275 e. The second kappa shape index (κ2) is 3.77. The van der Waals surface area contributed by atoms with Crippen LogP contribution in [0.4, 0.5) is 0 Å². The van der Waals surface area contributed by atoms with Crippen LogP contribution in [0.25, 0.3) is 5.78 Å². The van der Waals surface area contributed by atoms with Crippen LogP contribution in [0.5, 0.6) is 0 Å². The third-order valence-corrected chi connectivity index (χ3v) is 3.05. The Morgan fingerprint density at radius 3 is 2.87 bits per heavy atom. The van der Waals surface area contributed by atoms with Crippen molar-refractivity contribution in [2.24, 2.45) is 0 Å². The van der Waals surface area contributed by atoms with E-state index in [0.29, 0.717) is 15.9 Å². The van der Waals surface area contributed by atoms with Gasteiger partial charge in [-0.25, -0.2) is 4.98 Å². The zero-order valence-electron chi connectivity index (χ0n) is 8.54. The minimum absolute atomic E-state index is 0.146. The molecule has 0 saturated carbocycles. The SMILES string of the molecule is CCCc1nc2nc(C)c(Br)c(=O)n2[nH]1. The third kappa shape index (κ3) is 1.69. The first-order valence-electron chi connectivity index (χ1n) is 4.77. The highest BCUT2D eigenvalue weighted by atomic mass is 79.9. The number of nitrogens with one attached hydrogen (secondary N) is 1. The van der Waals surface area contributed by atoms with Crippen molar-refractivity contribution in [3.05, 3.63) is 26.3 Å². The molecule has 6 heteroatoms. The van der Waals surface area contributed by atoms with E-state index < -0.39 is 0 Å². The van der Waals surface area contributed by atoms with Gasteiger partial charge in [0.15, 0.2) is 0 Å². The van der Waals surface area contributed by atoms with Gasteiger partial charge in [-0.1, -0.05) is 6.92 Å². The van der Waals surface area contributed by atoms with E-state index in [1.54, 1.807) is 6.92 Å². The normalized spacial score (nSPS) is 11.1. The fourth-order valence-corrected chi connectivity index (χ4v) is 1.66. The maximum atomic E-state index is 11.8. The van der Waals surface area contributed by atoms with Gasteiger partial charge in [0.1, 0.15) is 10.3 Å². The molecule has 2 aromatic heterocycles. The summed E-state index contributed by atoms with van der Waals surface area (Å²) >= 11 is 3.20. The fourth-order valence-electron chi connectivity index (χ4n) is 1.39. The summed E-state index contributed by atoms with van der Waals surface area (Å²) in [5, 5.41) is 2.93. The molecule has 0 aliphatic rings. The number of hydrogen-bond donors (Lipinski definition) is 1. The molecule has 15 heavy (non-hydrogen) atoms. The molecule has 2 aromatic rings. The molecule has 0 aliphatic carbocycles. The van der Waals surface area contributed by atoms with E-state index in [2.05, 4.69) is 37.9 Å². The molecular formula is C9H11BrN4O. The Bertz CT molecular complexity index is 557. The third-order valence-electron chi connectivity index (χ3n) is 2.14.